The van der Waals surface area contributed by atoms with Crippen LogP contribution in [0.3, 0.4) is 0 Å². The minimum atomic E-state index is -0.263. The first kappa shape index (κ1) is 24.7. The molecule has 4 aliphatic heterocycles. The van der Waals surface area contributed by atoms with Crippen molar-refractivity contribution in [3.8, 4) is 11.8 Å². The van der Waals surface area contributed by atoms with Gasteiger partial charge in [0.1, 0.15) is 18.0 Å². The second kappa shape index (κ2) is 10.3. The highest BCUT2D eigenvalue weighted by molar-refractivity contribution is 5.87. The number of nitrogens with one attached hydrogen (secondary N) is 1. The topological polar surface area (TPSA) is 94.0 Å². The minimum absolute atomic E-state index is 0.0160. The van der Waals surface area contributed by atoms with Crippen LogP contribution in [0.2, 0.25) is 0 Å². The van der Waals surface area contributed by atoms with Crippen molar-refractivity contribution >= 4 is 23.1 Å². The summed E-state index contributed by atoms with van der Waals surface area (Å²) in [5, 5.41) is 13.6. The molecule has 1 amide bonds. The van der Waals surface area contributed by atoms with Gasteiger partial charge in [0.25, 0.3) is 0 Å². The molecule has 6 rings (SSSR count). The first-order chi connectivity index (χ1) is 18.6. The van der Waals surface area contributed by atoms with Crippen LogP contribution in [-0.2, 0) is 9.53 Å². The Labute approximate surface area is 223 Å². The molecule has 3 saturated heterocycles. The number of pyridine rings is 1. The number of anilines is 3. The second-order valence-corrected chi connectivity index (χ2v) is 10.5. The predicted octanol–water partition coefficient (Wildman–Crippen LogP) is 3.56. The Morgan fingerprint density at radius 2 is 1.97 bits per heavy atom. The van der Waals surface area contributed by atoms with Gasteiger partial charge < -0.3 is 24.6 Å². The number of ether oxygens (including phenoxy) is 2. The number of nitrogens with zero attached hydrogens (tertiary/aromatic N) is 5. The van der Waals surface area contributed by atoms with E-state index in [-0.39, 0.29) is 12.0 Å². The maximum atomic E-state index is 11.8. The van der Waals surface area contributed by atoms with Crippen LogP contribution < -0.4 is 15.0 Å². The van der Waals surface area contributed by atoms with E-state index in [0.29, 0.717) is 36.5 Å². The fraction of sp³-hybridized carbons (Fsp3) is 0.483. The van der Waals surface area contributed by atoms with Gasteiger partial charge in [0.2, 0.25) is 5.91 Å². The Balaban J connectivity index is 1.22. The van der Waals surface area contributed by atoms with E-state index < -0.39 is 0 Å². The largest absolute Gasteiger partial charge is 0.482 e. The fourth-order valence-electron chi connectivity index (χ4n) is 6.19. The number of benzene rings is 1. The van der Waals surface area contributed by atoms with Crippen LogP contribution in [0.15, 0.2) is 37.1 Å². The Hall–Kier alpha value is -3.61. The highest BCUT2D eigenvalue weighted by atomic mass is 16.5. The molecule has 1 aromatic heterocycles. The molecule has 38 heavy (non-hydrogen) atoms. The lowest BCUT2D eigenvalue weighted by Crippen LogP contribution is -2.61. The van der Waals surface area contributed by atoms with Gasteiger partial charge in [-0.2, -0.15) is 5.26 Å². The summed E-state index contributed by atoms with van der Waals surface area (Å²) in [7, 11) is 0. The Morgan fingerprint density at radius 1 is 1.21 bits per heavy atom. The summed E-state index contributed by atoms with van der Waals surface area (Å²) in [5.41, 5.74) is 4.62. The van der Waals surface area contributed by atoms with Crippen LogP contribution >= 0.6 is 0 Å². The molecule has 9 nitrogen and oxygen atoms in total. The molecule has 1 atom stereocenters. The smallest absolute Gasteiger partial charge is 0.246 e. The molecule has 198 valence electrons. The molecule has 3 fully saturated rings. The van der Waals surface area contributed by atoms with Gasteiger partial charge in [0, 0.05) is 44.1 Å². The number of aromatic nitrogens is 1. The van der Waals surface area contributed by atoms with Gasteiger partial charge in [0.15, 0.2) is 5.75 Å². The highest BCUT2D eigenvalue weighted by Gasteiger charge is 2.36. The zero-order valence-electron chi connectivity index (χ0n) is 21.9. The standard InChI is InChI=1S/C29H34N6O3/c1-3-26(36)35-17-23(18-35)33-8-5-20(6-9-33)21-14-22(16-30)28-24(15-21)32-29-27(19(2)38-28)25(4-7-31-29)34-10-12-37-13-11-34/h3-4,7,14-15,19-20,23H,1,5-6,8-13,17-18H2,2H3,(H,31,32). The molecule has 1 unspecified atom stereocenters. The molecule has 2 aromatic rings. The summed E-state index contributed by atoms with van der Waals surface area (Å²) in [4.78, 5) is 23.1. The lowest BCUT2D eigenvalue weighted by atomic mass is 9.87. The number of nitriles is 1. The summed E-state index contributed by atoms with van der Waals surface area (Å²) in [5.74, 6) is 1.75. The zero-order valence-corrected chi connectivity index (χ0v) is 21.9. The quantitative estimate of drug-likeness (QED) is 0.619. The number of carbonyl (C=O) groups is 1. The number of likely N-dealkylation sites (tertiary alicyclic amines) is 2. The van der Waals surface area contributed by atoms with Gasteiger partial charge in [-0.15, -0.1) is 0 Å². The monoisotopic (exact) mass is 514 g/mol. The van der Waals surface area contributed by atoms with Gasteiger partial charge >= 0.3 is 0 Å². The third-order valence-electron chi connectivity index (χ3n) is 8.37. The van der Waals surface area contributed by atoms with E-state index in [4.69, 9.17) is 9.47 Å². The maximum absolute atomic E-state index is 11.8. The van der Waals surface area contributed by atoms with Crippen molar-refractivity contribution in [3.63, 3.8) is 0 Å². The average molecular weight is 515 g/mol. The molecule has 0 bridgehead atoms. The van der Waals surface area contributed by atoms with Gasteiger partial charge in [-0.25, -0.2) is 4.98 Å². The van der Waals surface area contributed by atoms with E-state index in [1.54, 1.807) is 0 Å². The van der Waals surface area contributed by atoms with Crippen LogP contribution in [0.1, 0.15) is 48.5 Å². The van der Waals surface area contributed by atoms with Crippen molar-refractivity contribution < 1.29 is 14.3 Å². The van der Waals surface area contributed by atoms with Crippen molar-refractivity contribution in [1.82, 2.24) is 14.8 Å². The van der Waals surface area contributed by atoms with Crippen molar-refractivity contribution in [1.29, 1.82) is 5.26 Å². The number of fused-ring (bicyclic) bond motifs is 2. The van der Waals surface area contributed by atoms with Gasteiger partial charge in [-0.05, 0) is 68.6 Å². The summed E-state index contributed by atoms with van der Waals surface area (Å²) in [6.07, 6.45) is 5.00. The van der Waals surface area contributed by atoms with Gasteiger partial charge in [0.05, 0.1) is 30.0 Å². The van der Waals surface area contributed by atoms with Crippen molar-refractivity contribution in [2.45, 2.75) is 37.8 Å². The number of carbonyl (C=O) groups excluding carboxylic acids is 1. The van der Waals surface area contributed by atoms with Crippen LogP contribution in [0.4, 0.5) is 17.2 Å². The summed E-state index contributed by atoms with van der Waals surface area (Å²) in [6.45, 7) is 12.2. The average Bonchev–Trinajstić information content (AvgIpc) is 3.08. The minimum Gasteiger partial charge on any atom is -0.482 e. The molecular weight excluding hydrogens is 480 g/mol. The molecule has 0 aliphatic carbocycles. The van der Waals surface area contributed by atoms with Crippen LogP contribution in [0.25, 0.3) is 0 Å². The van der Waals surface area contributed by atoms with E-state index in [0.717, 1.165) is 80.4 Å². The number of piperidine rings is 1. The van der Waals surface area contributed by atoms with Gasteiger partial charge in [-0.1, -0.05) is 6.58 Å². The molecule has 9 heteroatoms. The predicted molar refractivity (Wildman–Crippen MR) is 145 cm³/mol. The third-order valence-corrected chi connectivity index (χ3v) is 8.37. The maximum Gasteiger partial charge on any atom is 0.246 e. The van der Waals surface area contributed by atoms with E-state index in [2.05, 4.69) is 38.8 Å². The van der Waals surface area contributed by atoms with Crippen LogP contribution in [0, 0.1) is 11.3 Å². The fourth-order valence-corrected chi connectivity index (χ4v) is 6.19. The summed E-state index contributed by atoms with van der Waals surface area (Å²) in [6, 6.07) is 9.02. The Morgan fingerprint density at radius 3 is 2.68 bits per heavy atom. The number of morpholine rings is 1. The SMILES string of the molecule is C=CC(=O)N1CC(N2CCC(c3cc(C#N)c4c(c3)Nc3nccc(N5CCOCC5)c3C(C)O4)CC2)C1. The lowest BCUT2D eigenvalue weighted by Gasteiger charge is -2.47. The molecule has 4 aliphatic rings. The van der Waals surface area contributed by atoms with Crippen LogP contribution in [0.5, 0.6) is 5.75 Å². The number of hydrogen-bond donors (Lipinski definition) is 1. The molecule has 0 saturated carbocycles. The van der Waals surface area contributed by atoms with Crippen molar-refractivity contribution in [2.24, 2.45) is 0 Å². The normalized spacial score (nSPS) is 22.2. The third kappa shape index (κ3) is 4.48. The molecular formula is C29H34N6O3. The molecule has 5 heterocycles. The molecule has 0 spiro atoms. The van der Waals surface area contributed by atoms with E-state index in [1.165, 1.54) is 6.08 Å². The lowest BCUT2D eigenvalue weighted by molar-refractivity contribution is -0.133. The van der Waals surface area contributed by atoms with E-state index in [9.17, 15) is 10.1 Å². The number of rotatable bonds is 4. The zero-order chi connectivity index (χ0) is 26.2. The van der Waals surface area contributed by atoms with Crippen molar-refractivity contribution in [3.05, 3.63) is 53.7 Å². The van der Waals surface area contributed by atoms with E-state index >= 15 is 0 Å². The van der Waals surface area contributed by atoms with Gasteiger partial charge in [-0.3, -0.25) is 9.69 Å². The Bertz CT molecular complexity index is 1270. The first-order valence-corrected chi connectivity index (χ1v) is 13.5. The number of amides is 1. The molecule has 0 radical (unpaired) electrons. The summed E-state index contributed by atoms with van der Waals surface area (Å²) >= 11 is 0. The summed E-state index contributed by atoms with van der Waals surface area (Å²) < 4.78 is 12.0. The number of hydrogen-bond acceptors (Lipinski definition) is 8. The Kier molecular flexibility index (Phi) is 6.68. The van der Waals surface area contributed by atoms with E-state index in [1.807, 2.05) is 30.2 Å². The first-order valence-electron chi connectivity index (χ1n) is 13.5. The van der Waals surface area contributed by atoms with Crippen LogP contribution in [-0.4, -0.2) is 79.2 Å². The van der Waals surface area contributed by atoms with Crippen molar-refractivity contribution in [2.75, 3.05) is 62.7 Å². The molecule has 1 aromatic carbocycles. The molecule has 1 N–H and O–H groups in total. The second-order valence-electron chi connectivity index (χ2n) is 10.5. The highest BCUT2D eigenvalue weighted by Crippen LogP contribution is 2.45.